The molecule has 7 heteroatoms. The fourth-order valence-corrected chi connectivity index (χ4v) is 2.78. The SMILES string of the molecule is OC[C@H]1OC(O)[C@H](O)[C@@H](OCCCCCCCCBr)[C@@H]1O. The molecule has 1 rings (SSSR count). The standard InChI is InChI=1S/C14H27BrO6/c15-7-5-3-1-2-4-6-8-20-13-11(17)10(9-16)21-14(19)12(13)18/h10-14,16-19H,1-9H2/t10-,11-,12-,13+,14?/m1/s1. The Balaban J connectivity index is 2.19. The quantitative estimate of drug-likeness (QED) is 0.331. The first-order valence-electron chi connectivity index (χ1n) is 7.60. The smallest absolute Gasteiger partial charge is 0.184 e. The maximum absolute atomic E-state index is 9.93. The normalized spacial score (nSPS) is 33.3. The molecule has 0 aromatic carbocycles. The van der Waals surface area contributed by atoms with Crippen LogP contribution in [0.3, 0.4) is 0 Å². The van der Waals surface area contributed by atoms with Crippen LogP contribution in [0.15, 0.2) is 0 Å². The molecule has 126 valence electrons. The fraction of sp³-hybridized carbons (Fsp3) is 1.00. The van der Waals surface area contributed by atoms with E-state index in [1.54, 1.807) is 0 Å². The Morgan fingerprint density at radius 2 is 1.52 bits per heavy atom. The van der Waals surface area contributed by atoms with E-state index in [2.05, 4.69) is 15.9 Å². The van der Waals surface area contributed by atoms with Gasteiger partial charge in [-0.2, -0.15) is 0 Å². The summed E-state index contributed by atoms with van der Waals surface area (Å²) in [6, 6.07) is 0. The van der Waals surface area contributed by atoms with E-state index in [-0.39, 0.29) is 0 Å². The molecule has 1 unspecified atom stereocenters. The number of aliphatic hydroxyl groups excluding tert-OH is 4. The molecule has 0 radical (unpaired) electrons. The molecule has 1 fully saturated rings. The summed E-state index contributed by atoms with van der Waals surface area (Å²) in [6.07, 6.45) is 0.849. The van der Waals surface area contributed by atoms with Crippen molar-refractivity contribution >= 4 is 15.9 Å². The van der Waals surface area contributed by atoms with Gasteiger partial charge in [-0.25, -0.2) is 0 Å². The summed E-state index contributed by atoms with van der Waals surface area (Å²) in [5, 5.41) is 39.3. The molecule has 1 heterocycles. The van der Waals surface area contributed by atoms with Crippen LogP contribution in [0, 0.1) is 0 Å². The average molecular weight is 371 g/mol. The first-order valence-corrected chi connectivity index (χ1v) is 8.72. The largest absolute Gasteiger partial charge is 0.394 e. The highest BCUT2D eigenvalue weighted by molar-refractivity contribution is 9.09. The molecule has 0 saturated carbocycles. The monoisotopic (exact) mass is 370 g/mol. The Morgan fingerprint density at radius 3 is 2.14 bits per heavy atom. The van der Waals surface area contributed by atoms with Gasteiger partial charge in [0.25, 0.3) is 0 Å². The number of aliphatic hydroxyl groups is 4. The third kappa shape index (κ3) is 6.48. The highest BCUT2D eigenvalue weighted by Gasteiger charge is 2.44. The zero-order valence-electron chi connectivity index (χ0n) is 12.2. The maximum atomic E-state index is 9.93. The lowest BCUT2D eigenvalue weighted by molar-refractivity contribution is -0.294. The van der Waals surface area contributed by atoms with Gasteiger partial charge < -0.3 is 29.9 Å². The second-order valence-electron chi connectivity index (χ2n) is 5.37. The molecule has 0 aromatic rings. The summed E-state index contributed by atoms with van der Waals surface area (Å²) in [5.41, 5.74) is 0. The molecule has 5 atom stereocenters. The molecule has 1 aliphatic rings. The van der Waals surface area contributed by atoms with E-state index < -0.39 is 37.3 Å². The number of unbranched alkanes of at least 4 members (excludes halogenated alkanes) is 5. The van der Waals surface area contributed by atoms with Crippen LogP contribution in [0.1, 0.15) is 38.5 Å². The second kappa shape index (κ2) is 10.9. The molecule has 21 heavy (non-hydrogen) atoms. The molecular weight excluding hydrogens is 344 g/mol. The van der Waals surface area contributed by atoms with Crippen LogP contribution in [0.2, 0.25) is 0 Å². The van der Waals surface area contributed by atoms with Gasteiger partial charge in [-0.3, -0.25) is 0 Å². The summed E-state index contributed by atoms with van der Waals surface area (Å²) >= 11 is 3.40. The van der Waals surface area contributed by atoms with Crippen molar-refractivity contribution in [2.75, 3.05) is 18.5 Å². The first kappa shape index (κ1) is 19.3. The van der Waals surface area contributed by atoms with Crippen molar-refractivity contribution in [3.63, 3.8) is 0 Å². The topological polar surface area (TPSA) is 99.4 Å². The van der Waals surface area contributed by atoms with Gasteiger partial charge in [-0.05, 0) is 12.8 Å². The van der Waals surface area contributed by atoms with Crippen LogP contribution >= 0.6 is 15.9 Å². The summed E-state index contributed by atoms with van der Waals surface area (Å²) in [6.45, 7) is -0.0273. The van der Waals surface area contributed by atoms with Crippen molar-refractivity contribution in [1.29, 1.82) is 0 Å². The van der Waals surface area contributed by atoms with Gasteiger partial charge in [-0.15, -0.1) is 0 Å². The third-order valence-electron chi connectivity index (χ3n) is 3.68. The van der Waals surface area contributed by atoms with E-state index in [1.165, 1.54) is 19.3 Å². The van der Waals surface area contributed by atoms with Crippen LogP contribution in [-0.4, -0.2) is 69.7 Å². The van der Waals surface area contributed by atoms with E-state index >= 15 is 0 Å². The minimum atomic E-state index is -1.44. The molecule has 6 nitrogen and oxygen atoms in total. The number of hydrogen-bond donors (Lipinski definition) is 4. The molecule has 0 aromatic heterocycles. The lowest BCUT2D eigenvalue weighted by atomic mass is 9.99. The van der Waals surface area contributed by atoms with Crippen molar-refractivity contribution in [1.82, 2.24) is 0 Å². The average Bonchev–Trinajstić information content (AvgIpc) is 2.48. The number of hydrogen-bond acceptors (Lipinski definition) is 6. The van der Waals surface area contributed by atoms with E-state index in [1.807, 2.05) is 0 Å². The lowest BCUT2D eigenvalue weighted by Crippen LogP contribution is -2.59. The van der Waals surface area contributed by atoms with Gasteiger partial charge in [0, 0.05) is 11.9 Å². The molecule has 0 bridgehead atoms. The number of ether oxygens (including phenoxy) is 2. The van der Waals surface area contributed by atoms with Crippen LogP contribution in [-0.2, 0) is 9.47 Å². The third-order valence-corrected chi connectivity index (χ3v) is 4.24. The predicted octanol–water partition coefficient (Wildman–Crippen LogP) is 0.538. The van der Waals surface area contributed by atoms with Crippen molar-refractivity contribution in [2.24, 2.45) is 0 Å². The molecule has 4 N–H and O–H groups in total. The fourth-order valence-electron chi connectivity index (χ4n) is 2.39. The number of rotatable bonds is 10. The zero-order chi connectivity index (χ0) is 15.7. The Hall–Kier alpha value is 0.240. The highest BCUT2D eigenvalue weighted by Crippen LogP contribution is 2.22. The number of halogens is 1. The molecular formula is C14H27BrO6. The maximum Gasteiger partial charge on any atom is 0.184 e. The van der Waals surface area contributed by atoms with E-state index in [0.29, 0.717) is 6.61 Å². The van der Waals surface area contributed by atoms with Gasteiger partial charge in [0.2, 0.25) is 0 Å². The summed E-state index contributed by atoms with van der Waals surface area (Å²) in [5.74, 6) is 0. The molecule has 0 aliphatic carbocycles. The molecule has 1 saturated heterocycles. The van der Waals surface area contributed by atoms with Gasteiger partial charge in [-0.1, -0.05) is 41.6 Å². The predicted molar refractivity (Wildman–Crippen MR) is 81.2 cm³/mol. The van der Waals surface area contributed by atoms with Gasteiger partial charge >= 0.3 is 0 Å². The highest BCUT2D eigenvalue weighted by atomic mass is 79.9. The Bertz CT molecular complexity index is 268. The van der Waals surface area contributed by atoms with Crippen molar-refractivity contribution in [3.05, 3.63) is 0 Å². The van der Waals surface area contributed by atoms with E-state index in [4.69, 9.17) is 14.6 Å². The van der Waals surface area contributed by atoms with E-state index in [9.17, 15) is 15.3 Å². The van der Waals surface area contributed by atoms with Crippen LogP contribution in [0.5, 0.6) is 0 Å². The zero-order valence-corrected chi connectivity index (χ0v) is 13.8. The summed E-state index contributed by atoms with van der Waals surface area (Å²) in [4.78, 5) is 0. The van der Waals surface area contributed by atoms with Gasteiger partial charge in [0.05, 0.1) is 6.61 Å². The first-order chi connectivity index (χ1) is 10.1. The van der Waals surface area contributed by atoms with Crippen molar-refractivity contribution < 1.29 is 29.9 Å². The second-order valence-corrected chi connectivity index (χ2v) is 6.17. The van der Waals surface area contributed by atoms with Crippen LogP contribution < -0.4 is 0 Å². The van der Waals surface area contributed by atoms with Gasteiger partial charge in [0.1, 0.15) is 24.4 Å². The molecule has 0 spiro atoms. The van der Waals surface area contributed by atoms with E-state index in [0.717, 1.165) is 24.6 Å². The van der Waals surface area contributed by atoms with Crippen molar-refractivity contribution in [3.8, 4) is 0 Å². The Morgan fingerprint density at radius 1 is 0.905 bits per heavy atom. The Labute approximate surface area is 134 Å². The minimum Gasteiger partial charge on any atom is -0.394 e. The minimum absolute atomic E-state index is 0.405. The lowest BCUT2D eigenvalue weighted by Gasteiger charge is -2.39. The van der Waals surface area contributed by atoms with Crippen molar-refractivity contribution in [2.45, 2.75) is 69.2 Å². The summed E-state index contributed by atoms with van der Waals surface area (Å²) < 4.78 is 10.4. The van der Waals surface area contributed by atoms with Gasteiger partial charge in [0.15, 0.2) is 6.29 Å². The van der Waals surface area contributed by atoms with Crippen LogP contribution in [0.4, 0.5) is 0 Å². The Kier molecular flexibility index (Phi) is 9.99. The van der Waals surface area contributed by atoms with Crippen LogP contribution in [0.25, 0.3) is 0 Å². The number of alkyl halides is 1. The molecule has 1 aliphatic heterocycles. The molecule has 0 amide bonds. The summed E-state index contributed by atoms with van der Waals surface area (Å²) in [7, 11) is 0.